The fourth-order valence-corrected chi connectivity index (χ4v) is 2.01. The number of nitrogens with zero attached hydrogens (tertiary/aromatic N) is 2. The molecule has 0 saturated heterocycles. The first kappa shape index (κ1) is 13.2. The Morgan fingerprint density at radius 1 is 1.33 bits per heavy atom. The number of hydrogen-bond donors (Lipinski definition) is 1. The van der Waals surface area contributed by atoms with E-state index in [4.69, 9.17) is 4.52 Å². The molecule has 2 aromatic rings. The van der Waals surface area contributed by atoms with Crippen LogP contribution in [0.25, 0.3) is 11.4 Å². The molecular formula is C13H16BrN3O. The van der Waals surface area contributed by atoms with Crippen molar-refractivity contribution < 1.29 is 4.52 Å². The summed E-state index contributed by atoms with van der Waals surface area (Å²) in [5.74, 6) is 1.83. The molecule has 0 aliphatic heterocycles. The van der Waals surface area contributed by atoms with Gasteiger partial charge in [-0.15, -0.1) is 0 Å². The Bertz CT molecular complexity index is 510. The third-order valence-electron chi connectivity index (χ3n) is 2.41. The van der Waals surface area contributed by atoms with Gasteiger partial charge in [0.15, 0.2) is 0 Å². The second-order valence-electron chi connectivity index (χ2n) is 4.52. The fraction of sp³-hybridized carbons (Fsp3) is 0.385. The van der Waals surface area contributed by atoms with E-state index >= 15 is 0 Å². The van der Waals surface area contributed by atoms with Crippen LogP contribution in [-0.2, 0) is 6.54 Å². The van der Waals surface area contributed by atoms with Crippen molar-refractivity contribution in [2.45, 2.75) is 20.4 Å². The van der Waals surface area contributed by atoms with Gasteiger partial charge < -0.3 is 9.84 Å². The Morgan fingerprint density at radius 2 is 2.11 bits per heavy atom. The van der Waals surface area contributed by atoms with E-state index < -0.39 is 0 Å². The van der Waals surface area contributed by atoms with Crippen molar-refractivity contribution in [1.29, 1.82) is 0 Å². The van der Waals surface area contributed by atoms with Gasteiger partial charge >= 0.3 is 0 Å². The standard InChI is InChI=1S/C13H16BrN3O/c1-9(2)7-15-8-12-16-13(17-18-12)10-5-3-4-6-11(10)14/h3-6,9,15H,7-8H2,1-2H3. The van der Waals surface area contributed by atoms with Crippen LogP contribution in [0.5, 0.6) is 0 Å². The van der Waals surface area contributed by atoms with E-state index in [0.29, 0.717) is 24.2 Å². The minimum Gasteiger partial charge on any atom is -0.338 e. The summed E-state index contributed by atoms with van der Waals surface area (Å²) in [5.41, 5.74) is 0.941. The Labute approximate surface area is 115 Å². The molecule has 0 spiro atoms. The normalized spacial score (nSPS) is 11.1. The highest BCUT2D eigenvalue weighted by molar-refractivity contribution is 9.10. The quantitative estimate of drug-likeness (QED) is 0.921. The lowest BCUT2D eigenvalue weighted by molar-refractivity contribution is 0.364. The molecule has 1 aromatic carbocycles. The number of hydrogen-bond acceptors (Lipinski definition) is 4. The van der Waals surface area contributed by atoms with Crippen LogP contribution < -0.4 is 5.32 Å². The van der Waals surface area contributed by atoms with Crippen molar-refractivity contribution in [2.75, 3.05) is 6.54 Å². The van der Waals surface area contributed by atoms with Gasteiger partial charge in [-0.2, -0.15) is 4.98 Å². The van der Waals surface area contributed by atoms with Gasteiger partial charge in [0.1, 0.15) is 0 Å². The van der Waals surface area contributed by atoms with Crippen LogP contribution >= 0.6 is 15.9 Å². The van der Waals surface area contributed by atoms with Gasteiger partial charge in [0.05, 0.1) is 6.54 Å². The number of halogens is 1. The first-order valence-corrected chi connectivity index (χ1v) is 6.74. The number of nitrogens with one attached hydrogen (secondary N) is 1. The summed E-state index contributed by atoms with van der Waals surface area (Å²) in [6, 6.07) is 7.83. The smallest absolute Gasteiger partial charge is 0.240 e. The first-order valence-electron chi connectivity index (χ1n) is 5.95. The Balaban J connectivity index is 2.04. The number of benzene rings is 1. The molecule has 0 unspecified atom stereocenters. The topological polar surface area (TPSA) is 51.0 Å². The van der Waals surface area contributed by atoms with Gasteiger partial charge in [0, 0.05) is 10.0 Å². The Kier molecular flexibility index (Phi) is 4.49. The maximum Gasteiger partial charge on any atom is 0.240 e. The van der Waals surface area contributed by atoms with Crippen molar-refractivity contribution in [1.82, 2.24) is 15.5 Å². The molecule has 1 N–H and O–H groups in total. The summed E-state index contributed by atoms with van der Waals surface area (Å²) in [6.45, 7) is 5.86. The highest BCUT2D eigenvalue weighted by Crippen LogP contribution is 2.25. The van der Waals surface area contributed by atoms with Gasteiger partial charge in [0.2, 0.25) is 11.7 Å². The van der Waals surface area contributed by atoms with Gasteiger partial charge in [-0.05, 0) is 24.6 Å². The maximum atomic E-state index is 5.21. The Hall–Kier alpha value is -1.20. The molecule has 1 aromatic heterocycles. The summed E-state index contributed by atoms with van der Waals surface area (Å²) in [4.78, 5) is 4.37. The minimum absolute atomic E-state index is 0.607. The molecule has 5 heteroatoms. The molecule has 0 aliphatic carbocycles. The molecule has 0 fully saturated rings. The highest BCUT2D eigenvalue weighted by atomic mass is 79.9. The summed E-state index contributed by atoms with van der Waals surface area (Å²) >= 11 is 3.48. The minimum atomic E-state index is 0.607. The fourth-order valence-electron chi connectivity index (χ4n) is 1.55. The molecule has 0 aliphatic rings. The summed E-state index contributed by atoms with van der Waals surface area (Å²) in [6.07, 6.45) is 0. The van der Waals surface area contributed by atoms with Gasteiger partial charge in [-0.25, -0.2) is 0 Å². The molecule has 0 radical (unpaired) electrons. The summed E-state index contributed by atoms with van der Waals surface area (Å²) < 4.78 is 6.18. The summed E-state index contributed by atoms with van der Waals surface area (Å²) in [7, 11) is 0. The van der Waals surface area contributed by atoms with E-state index in [1.807, 2.05) is 24.3 Å². The van der Waals surface area contributed by atoms with Gasteiger partial charge in [-0.3, -0.25) is 0 Å². The van der Waals surface area contributed by atoms with E-state index in [-0.39, 0.29) is 0 Å². The third-order valence-corrected chi connectivity index (χ3v) is 3.10. The van der Waals surface area contributed by atoms with Crippen LogP contribution in [0.1, 0.15) is 19.7 Å². The number of aromatic nitrogens is 2. The molecule has 96 valence electrons. The first-order chi connectivity index (χ1) is 8.66. The van der Waals surface area contributed by atoms with Crippen molar-refractivity contribution in [3.63, 3.8) is 0 Å². The van der Waals surface area contributed by atoms with Crippen LogP contribution in [0.2, 0.25) is 0 Å². The van der Waals surface area contributed by atoms with Crippen molar-refractivity contribution in [2.24, 2.45) is 5.92 Å². The molecule has 0 amide bonds. The average molecular weight is 310 g/mol. The molecule has 0 bridgehead atoms. The van der Waals surface area contributed by atoms with Crippen LogP contribution in [-0.4, -0.2) is 16.7 Å². The molecule has 1 heterocycles. The van der Waals surface area contributed by atoms with Gasteiger partial charge in [-0.1, -0.05) is 47.1 Å². The molecule has 2 rings (SSSR count). The molecular weight excluding hydrogens is 294 g/mol. The van der Waals surface area contributed by atoms with E-state index in [0.717, 1.165) is 16.6 Å². The van der Waals surface area contributed by atoms with Crippen molar-refractivity contribution in [3.05, 3.63) is 34.6 Å². The summed E-state index contributed by atoms with van der Waals surface area (Å²) in [5, 5.41) is 7.26. The zero-order valence-electron chi connectivity index (χ0n) is 10.5. The molecule has 18 heavy (non-hydrogen) atoms. The zero-order valence-corrected chi connectivity index (χ0v) is 12.1. The monoisotopic (exact) mass is 309 g/mol. The number of rotatable bonds is 5. The maximum absolute atomic E-state index is 5.21. The lowest BCUT2D eigenvalue weighted by Gasteiger charge is -2.03. The molecule has 0 atom stereocenters. The highest BCUT2D eigenvalue weighted by Gasteiger charge is 2.10. The second kappa shape index (κ2) is 6.11. The van der Waals surface area contributed by atoms with Crippen molar-refractivity contribution in [3.8, 4) is 11.4 Å². The molecule has 0 saturated carbocycles. The SMILES string of the molecule is CC(C)CNCc1nc(-c2ccccc2Br)no1. The van der Waals surface area contributed by atoms with Crippen molar-refractivity contribution >= 4 is 15.9 Å². The van der Waals surface area contributed by atoms with E-state index in [1.54, 1.807) is 0 Å². The van der Waals surface area contributed by atoms with Crippen LogP contribution in [0.4, 0.5) is 0 Å². The van der Waals surface area contributed by atoms with Crippen LogP contribution in [0.15, 0.2) is 33.3 Å². The Morgan fingerprint density at radius 3 is 2.83 bits per heavy atom. The molecule has 4 nitrogen and oxygen atoms in total. The van der Waals surface area contributed by atoms with E-state index in [9.17, 15) is 0 Å². The van der Waals surface area contributed by atoms with E-state index in [2.05, 4.69) is 45.2 Å². The lowest BCUT2D eigenvalue weighted by atomic mass is 10.2. The second-order valence-corrected chi connectivity index (χ2v) is 5.37. The zero-order chi connectivity index (χ0) is 13.0. The van der Waals surface area contributed by atoms with E-state index in [1.165, 1.54) is 0 Å². The third kappa shape index (κ3) is 3.40. The lowest BCUT2D eigenvalue weighted by Crippen LogP contribution is -2.19. The van der Waals surface area contributed by atoms with Crippen LogP contribution in [0.3, 0.4) is 0 Å². The average Bonchev–Trinajstić information content (AvgIpc) is 2.78. The van der Waals surface area contributed by atoms with Crippen LogP contribution in [0, 0.1) is 5.92 Å². The predicted molar refractivity (Wildman–Crippen MR) is 74.0 cm³/mol. The van der Waals surface area contributed by atoms with Gasteiger partial charge in [0.25, 0.3) is 0 Å². The largest absolute Gasteiger partial charge is 0.338 e. The predicted octanol–water partition coefficient (Wildman–Crippen LogP) is 3.24.